The molecule has 4 rings (SSSR count). The number of ether oxygens (including phenoxy) is 1. The van der Waals surface area contributed by atoms with Crippen LogP contribution >= 0.6 is 23.2 Å². The number of esters is 1. The van der Waals surface area contributed by atoms with Crippen LogP contribution in [0.5, 0.6) is 0 Å². The third-order valence-electron chi connectivity index (χ3n) is 4.64. The van der Waals surface area contributed by atoms with E-state index < -0.39 is 18.4 Å². The van der Waals surface area contributed by atoms with Gasteiger partial charge in [-0.15, -0.1) is 0 Å². The summed E-state index contributed by atoms with van der Waals surface area (Å²) in [5.41, 5.74) is 2.16. The number of fused-ring (bicyclic) bond motifs is 1. The fourth-order valence-electron chi connectivity index (χ4n) is 3.12. The molecule has 154 valence electrons. The number of ketones is 1. The molecule has 0 aliphatic carbocycles. The number of carbonyl (C=O) groups excluding carboxylic acids is 2. The van der Waals surface area contributed by atoms with Gasteiger partial charge in [-0.25, -0.2) is 14.2 Å². The first-order valence-electron chi connectivity index (χ1n) is 9.23. The third-order valence-corrected chi connectivity index (χ3v) is 5.19. The second-order valence-corrected chi connectivity index (χ2v) is 7.55. The van der Waals surface area contributed by atoms with Crippen molar-refractivity contribution in [2.75, 3.05) is 6.61 Å². The summed E-state index contributed by atoms with van der Waals surface area (Å²) in [5.74, 6) is -1.50. The maximum absolute atomic E-state index is 13.3. The fourth-order valence-corrected chi connectivity index (χ4v) is 3.63. The zero-order valence-corrected chi connectivity index (χ0v) is 17.5. The van der Waals surface area contributed by atoms with Gasteiger partial charge in [0.2, 0.25) is 5.78 Å². The standard InChI is InChI=1S/C24H14Cl2FNO3/c25-15-7-10-18(20(26)11-15)23(29)13-31-24(30)19-12-22(14-5-8-16(27)9-6-14)28-21-4-2-1-3-17(19)21/h1-12H,13H2. The molecule has 7 heteroatoms. The first kappa shape index (κ1) is 21.0. The summed E-state index contributed by atoms with van der Waals surface area (Å²) in [4.78, 5) is 29.9. The molecule has 1 aromatic heterocycles. The Morgan fingerprint density at radius 2 is 1.65 bits per heavy atom. The summed E-state index contributed by atoms with van der Waals surface area (Å²) in [6.07, 6.45) is 0. The van der Waals surface area contributed by atoms with Gasteiger partial charge in [0, 0.05) is 21.5 Å². The topological polar surface area (TPSA) is 56.3 Å². The summed E-state index contributed by atoms with van der Waals surface area (Å²) in [7, 11) is 0. The Labute approximate surface area is 187 Å². The number of hydrogen-bond acceptors (Lipinski definition) is 4. The van der Waals surface area contributed by atoms with Gasteiger partial charge in [-0.2, -0.15) is 0 Å². The van der Waals surface area contributed by atoms with Crippen LogP contribution in [0.25, 0.3) is 22.2 Å². The van der Waals surface area contributed by atoms with Crippen molar-refractivity contribution >= 4 is 45.9 Å². The predicted octanol–water partition coefficient (Wildman–Crippen LogP) is 6.39. The number of Topliss-reactive ketones (excluding diaryl/α,β-unsaturated/α-hetero) is 1. The van der Waals surface area contributed by atoms with Crippen LogP contribution in [-0.2, 0) is 4.74 Å². The van der Waals surface area contributed by atoms with Crippen molar-refractivity contribution < 1.29 is 18.7 Å². The second kappa shape index (κ2) is 8.84. The van der Waals surface area contributed by atoms with Crippen molar-refractivity contribution in [3.63, 3.8) is 0 Å². The van der Waals surface area contributed by atoms with Crippen LogP contribution in [0.2, 0.25) is 10.0 Å². The summed E-state index contributed by atoms with van der Waals surface area (Å²) in [6, 6.07) is 18.9. The van der Waals surface area contributed by atoms with Gasteiger partial charge in [-0.3, -0.25) is 4.79 Å². The number of rotatable bonds is 5. The van der Waals surface area contributed by atoms with Crippen molar-refractivity contribution in [2.45, 2.75) is 0 Å². The molecular formula is C24H14Cl2FNO3. The molecule has 0 unspecified atom stereocenters. The molecule has 0 aliphatic heterocycles. The maximum Gasteiger partial charge on any atom is 0.339 e. The number of aromatic nitrogens is 1. The largest absolute Gasteiger partial charge is 0.454 e. The van der Waals surface area contributed by atoms with Crippen molar-refractivity contribution in [3.8, 4) is 11.3 Å². The van der Waals surface area contributed by atoms with Crippen molar-refractivity contribution in [2.24, 2.45) is 0 Å². The Bertz CT molecular complexity index is 1310. The van der Waals surface area contributed by atoms with E-state index in [0.29, 0.717) is 27.2 Å². The van der Waals surface area contributed by atoms with Gasteiger partial charge in [0.25, 0.3) is 0 Å². The van der Waals surface area contributed by atoms with E-state index in [1.165, 1.54) is 30.3 Å². The minimum absolute atomic E-state index is 0.182. The number of hydrogen-bond donors (Lipinski definition) is 0. The van der Waals surface area contributed by atoms with E-state index in [4.69, 9.17) is 27.9 Å². The van der Waals surface area contributed by atoms with Crippen LogP contribution in [0, 0.1) is 5.82 Å². The number of para-hydroxylation sites is 1. The molecule has 0 bridgehead atoms. The Morgan fingerprint density at radius 3 is 2.39 bits per heavy atom. The quantitative estimate of drug-likeness (QED) is 0.259. The molecule has 0 atom stereocenters. The number of benzene rings is 3. The van der Waals surface area contributed by atoms with Crippen molar-refractivity contribution in [3.05, 3.63) is 99.8 Å². The minimum atomic E-state index is -0.680. The molecule has 0 fully saturated rings. The van der Waals surface area contributed by atoms with Crippen molar-refractivity contribution in [1.29, 1.82) is 0 Å². The Kier molecular flexibility index (Phi) is 5.98. The van der Waals surface area contributed by atoms with Gasteiger partial charge in [-0.1, -0.05) is 41.4 Å². The number of carbonyl (C=O) groups is 2. The third kappa shape index (κ3) is 4.58. The van der Waals surface area contributed by atoms with Crippen LogP contribution in [-0.4, -0.2) is 23.3 Å². The van der Waals surface area contributed by atoms with Gasteiger partial charge in [0.15, 0.2) is 6.61 Å². The molecule has 0 spiro atoms. The van der Waals surface area contributed by atoms with Gasteiger partial charge in [0.1, 0.15) is 5.82 Å². The Balaban J connectivity index is 1.64. The molecule has 0 saturated carbocycles. The molecule has 3 aromatic carbocycles. The van der Waals surface area contributed by atoms with E-state index in [0.717, 1.165) is 0 Å². The lowest BCUT2D eigenvalue weighted by molar-refractivity contribution is 0.0476. The van der Waals surface area contributed by atoms with E-state index in [9.17, 15) is 14.0 Å². The van der Waals surface area contributed by atoms with Gasteiger partial charge >= 0.3 is 5.97 Å². The molecule has 0 aliphatic rings. The second-order valence-electron chi connectivity index (χ2n) is 6.70. The normalized spacial score (nSPS) is 10.8. The van der Waals surface area contributed by atoms with Crippen LogP contribution in [0.1, 0.15) is 20.7 Å². The monoisotopic (exact) mass is 453 g/mol. The predicted molar refractivity (Wildman–Crippen MR) is 118 cm³/mol. The summed E-state index contributed by atoms with van der Waals surface area (Å²) >= 11 is 11.9. The molecule has 4 aromatic rings. The summed E-state index contributed by atoms with van der Waals surface area (Å²) in [5, 5.41) is 1.16. The Hall–Kier alpha value is -3.28. The van der Waals surface area contributed by atoms with Crippen LogP contribution < -0.4 is 0 Å². The summed E-state index contributed by atoms with van der Waals surface area (Å²) < 4.78 is 18.6. The fraction of sp³-hybridized carbons (Fsp3) is 0.0417. The van der Waals surface area contributed by atoms with Crippen molar-refractivity contribution in [1.82, 2.24) is 4.98 Å². The Morgan fingerprint density at radius 1 is 0.903 bits per heavy atom. The zero-order chi connectivity index (χ0) is 22.0. The van der Waals surface area contributed by atoms with Gasteiger partial charge in [-0.05, 0) is 54.6 Å². The average Bonchev–Trinajstić information content (AvgIpc) is 2.77. The van der Waals surface area contributed by atoms with Gasteiger partial charge < -0.3 is 4.74 Å². The zero-order valence-electron chi connectivity index (χ0n) is 15.9. The van der Waals surface area contributed by atoms with Crippen LogP contribution in [0.15, 0.2) is 72.8 Å². The lowest BCUT2D eigenvalue weighted by Gasteiger charge is -2.10. The van der Waals surface area contributed by atoms with E-state index >= 15 is 0 Å². The molecular weight excluding hydrogens is 440 g/mol. The minimum Gasteiger partial charge on any atom is -0.454 e. The number of pyridine rings is 1. The highest BCUT2D eigenvalue weighted by Crippen LogP contribution is 2.26. The number of nitrogens with zero attached hydrogens (tertiary/aromatic N) is 1. The molecule has 31 heavy (non-hydrogen) atoms. The molecule has 0 amide bonds. The number of halogens is 3. The molecule has 0 radical (unpaired) electrons. The highest BCUT2D eigenvalue weighted by molar-refractivity contribution is 6.36. The van der Waals surface area contributed by atoms with E-state index in [1.807, 2.05) is 0 Å². The highest BCUT2D eigenvalue weighted by Gasteiger charge is 2.18. The van der Waals surface area contributed by atoms with E-state index in [2.05, 4.69) is 4.98 Å². The smallest absolute Gasteiger partial charge is 0.339 e. The van der Waals surface area contributed by atoms with E-state index in [1.54, 1.807) is 42.5 Å². The lowest BCUT2D eigenvalue weighted by atomic mass is 10.0. The average molecular weight is 454 g/mol. The SMILES string of the molecule is O=C(COC(=O)c1cc(-c2ccc(F)cc2)nc2ccccc12)c1ccc(Cl)cc1Cl. The molecule has 0 N–H and O–H groups in total. The molecule has 0 saturated heterocycles. The van der Waals surface area contributed by atoms with E-state index in [-0.39, 0.29) is 22.0 Å². The van der Waals surface area contributed by atoms with Gasteiger partial charge in [0.05, 0.1) is 21.8 Å². The molecule has 4 nitrogen and oxygen atoms in total. The first-order chi connectivity index (χ1) is 14.9. The summed E-state index contributed by atoms with van der Waals surface area (Å²) in [6.45, 7) is -0.483. The van der Waals surface area contributed by atoms with Crippen LogP contribution in [0.4, 0.5) is 4.39 Å². The van der Waals surface area contributed by atoms with Crippen LogP contribution in [0.3, 0.4) is 0 Å². The lowest BCUT2D eigenvalue weighted by Crippen LogP contribution is -2.15. The highest BCUT2D eigenvalue weighted by atomic mass is 35.5. The molecule has 1 heterocycles. The maximum atomic E-state index is 13.3. The first-order valence-corrected chi connectivity index (χ1v) is 9.99.